The van der Waals surface area contributed by atoms with Crippen molar-refractivity contribution in [2.45, 2.75) is 30.3 Å². The van der Waals surface area contributed by atoms with Gasteiger partial charge in [-0.15, -0.1) is 0 Å². The maximum atomic E-state index is 11.7. The van der Waals surface area contributed by atoms with E-state index in [1.165, 1.54) is 18.2 Å². The fourth-order valence-corrected chi connectivity index (χ4v) is 3.20. The first kappa shape index (κ1) is 15.7. The van der Waals surface area contributed by atoms with E-state index in [0.29, 0.717) is 18.8 Å². The van der Waals surface area contributed by atoms with Crippen molar-refractivity contribution in [2.24, 2.45) is 0 Å². The second-order valence-corrected chi connectivity index (χ2v) is 7.45. The summed E-state index contributed by atoms with van der Waals surface area (Å²) in [5.74, 6) is 0. The summed E-state index contributed by atoms with van der Waals surface area (Å²) in [4.78, 5) is 9.92. The van der Waals surface area contributed by atoms with Crippen LogP contribution in [-0.4, -0.2) is 38.3 Å². The third-order valence-corrected chi connectivity index (χ3v) is 4.65. The molecule has 1 N–H and O–H groups in total. The first-order valence-electron chi connectivity index (χ1n) is 6.58. The number of nitro groups is 1. The molecular formula is C13H18N2O5S. The summed E-state index contributed by atoms with van der Waals surface area (Å²) in [5.41, 5.74) is -0.170. The molecule has 1 fully saturated rings. The van der Waals surface area contributed by atoms with Crippen LogP contribution in [0.15, 0.2) is 23.1 Å². The Bertz CT molecular complexity index is 651. The van der Waals surface area contributed by atoms with Crippen molar-refractivity contribution in [3.8, 4) is 0 Å². The van der Waals surface area contributed by atoms with Gasteiger partial charge in [-0.3, -0.25) is 10.1 Å². The van der Waals surface area contributed by atoms with Crippen LogP contribution in [0.3, 0.4) is 0 Å². The number of nitrogens with zero attached hydrogens (tertiary/aromatic N) is 1. The Balaban J connectivity index is 2.24. The van der Waals surface area contributed by atoms with Crippen LogP contribution >= 0.6 is 0 Å². The molecule has 0 aliphatic carbocycles. The monoisotopic (exact) mass is 314 g/mol. The Hall–Kier alpha value is -1.67. The van der Waals surface area contributed by atoms with Gasteiger partial charge < -0.3 is 10.1 Å². The predicted molar refractivity (Wildman–Crippen MR) is 78.3 cm³/mol. The van der Waals surface area contributed by atoms with Crippen LogP contribution in [0.4, 0.5) is 11.4 Å². The standard InChI is InChI=1S/C13H18N2O5S/c1-13(6-3-7-20-13)9-14-10-4-5-11(15(16)17)12(8-10)21(2,18)19/h4-5,8,14H,3,6-7,9H2,1-2H3. The molecule has 0 saturated carbocycles. The number of nitro benzene ring substituents is 1. The number of anilines is 1. The van der Waals surface area contributed by atoms with Gasteiger partial charge >= 0.3 is 0 Å². The lowest BCUT2D eigenvalue weighted by molar-refractivity contribution is -0.387. The molecule has 1 aliphatic heterocycles. The normalized spacial score (nSPS) is 22.2. The highest BCUT2D eigenvalue weighted by Gasteiger charge is 2.30. The number of sulfone groups is 1. The number of hydrogen-bond donors (Lipinski definition) is 1. The summed E-state index contributed by atoms with van der Waals surface area (Å²) in [6.45, 7) is 3.22. The van der Waals surface area contributed by atoms with Gasteiger partial charge in [0.1, 0.15) is 4.90 Å². The summed E-state index contributed by atoms with van der Waals surface area (Å²) >= 11 is 0. The van der Waals surface area contributed by atoms with E-state index in [-0.39, 0.29) is 10.5 Å². The van der Waals surface area contributed by atoms with Crippen LogP contribution in [0.5, 0.6) is 0 Å². The van der Waals surface area contributed by atoms with Gasteiger partial charge in [0, 0.05) is 31.2 Å². The molecule has 116 valence electrons. The van der Waals surface area contributed by atoms with E-state index in [4.69, 9.17) is 4.74 Å². The molecule has 0 radical (unpaired) electrons. The molecule has 1 heterocycles. The topological polar surface area (TPSA) is 98.5 Å². The average Bonchev–Trinajstić information content (AvgIpc) is 2.82. The van der Waals surface area contributed by atoms with E-state index in [0.717, 1.165) is 19.1 Å². The fourth-order valence-electron chi connectivity index (χ4n) is 2.34. The van der Waals surface area contributed by atoms with E-state index in [1.54, 1.807) is 0 Å². The van der Waals surface area contributed by atoms with Crippen LogP contribution in [0.25, 0.3) is 0 Å². The maximum Gasteiger partial charge on any atom is 0.288 e. The first-order chi connectivity index (χ1) is 9.71. The second kappa shape index (κ2) is 5.61. The van der Waals surface area contributed by atoms with Crippen molar-refractivity contribution in [1.29, 1.82) is 0 Å². The number of nitrogens with one attached hydrogen (secondary N) is 1. The molecule has 0 bridgehead atoms. The molecule has 7 nitrogen and oxygen atoms in total. The predicted octanol–water partition coefficient (Wildman–Crippen LogP) is 1.98. The minimum absolute atomic E-state index is 0.282. The van der Waals surface area contributed by atoms with Gasteiger partial charge in [-0.2, -0.15) is 0 Å². The van der Waals surface area contributed by atoms with Gasteiger partial charge in [0.2, 0.25) is 0 Å². The molecule has 0 amide bonds. The molecule has 1 aliphatic rings. The van der Waals surface area contributed by atoms with Crippen molar-refractivity contribution in [1.82, 2.24) is 0 Å². The molecule has 8 heteroatoms. The smallest absolute Gasteiger partial charge is 0.288 e. The molecule has 1 atom stereocenters. The third kappa shape index (κ3) is 3.70. The largest absolute Gasteiger partial charge is 0.382 e. The highest BCUT2D eigenvalue weighted by molar-refractivity contribution is 7.90. The van der Waals surface area contributed by atoms with Gasteiger partial charge in [-0.25, -0.2) is 8.42 Å². The number of hydrogen-bond acceptors (Lipinski definition) is 6. The Morgan fingerprint density at radius 3 is 2.71 bits per heavy atom. The zero-order valence-electron chi connectivity index (χ0n) is 12.0. The van der Waals surface area contributed by atoms with Gasteiger partial charge in [0.15, 0.2) is 9.84 Å². The zero-order valence-corrected chi connectivity index (χ0v) is 12.8. The van der Waals surface area contributed by atoms with Gasteiger partial charge in [-0.1, -0.05) is 0 Å². The van der Waals surface area contributed by atoms with Crippen molar-refractivity contribution in [3.63, 3.8) is 0 Å². The lowest BCUT2D eigenvalue weighted by Crippen LogP contribution is -2.32. The van der Waals surface area contributed by atoms with Crippen molar-refractivity contribution in [3.05, 3.63) is 28.3 Å². The lowest BCUT2D eigenvalue weighted by atomic mass is 10.0. The highest BCUT2D eigenvalue weighted by atomic mass is 32.2. The summed E-state index contributed by atoms with van der Waals surface area (Å²) in [5, 5.41) is 14.0. The number of ether oxygens (including phenoxy) is 1. The number of rotatable bonds is 5. The fraction of sp³-hybridized carbons (Fsp3) is 0.538. The van der Waals surface area contributed by atoms with Crippen molar-refractivity contribution < 1.29 is 18.1 Å². The summed E-state index contributed by atoms with van der Waals surface area (Å²) in [7, 11) is -3.67. The van der Waals surface area contributed by atoms with Crippen molar-refractivity contribution >= 4 is 21.2 Å². The van der Waals surface area contributed by atoms with Gasteiger partial charge in [0.25, 0.3) is 5.69 Å². The van der Waals surface area contributed by atoms with Gasteiger partial charge in [-0.05, 0) is 31.9 Å². The summed E-state index contributed by atoms with van der Waals surface area (Å²) < 4.78 is 29.0. The van der Waals surface area contributed by atoms with Crippen LogP contribution in [-0.2, 0) is 14.6 Å². The van der Waals surface area contributed by atoms with E-state index >= 15 is 0 Å². The van der Waals surface area contributed by atoms with E-state index in [1.807, 2.05) is 6.92 Å². The molecule has 1 saturated heterocycles. The Labute approximate surface area is 123 Å². The second-order valence-electron chi connectivity index (χ2n) is 5.47. The Morgan fingerprint density at radius 2 is 2.19 bits per heavy atom. The molecule has 21 heavy (non-hydrogen) atoms. The highest BCUT2D eigenvalue weighted by Crippen LogP contribution is 2.29. The molecule has 1 aromatic rings. The quantitative estimate of drug-likeness (QED) is 0.659. The van der Waals surface area contributed by atoms with E-state index in [9.17, 15) is 18.5 Å². The van der Waals surface area contributed by atoms with Gasteiger partial charge in [0.05, 0.1) is 10.5 Å². The average molecular weight is 314 g/mol. The summed E-state index contributed by atoms with van der Waals surface area (Å²) in [6.07, 6.45) is 2.87. The molecule has 2 rings (SSSR count). The molecule has 0 aromatic heterocycles. The lowest BCUT2D eigenvalue weighted by Gasteiger charge is -2.24. The third-order valence-electron chi connectivity index (χ3n) is 3.52. The van der Waals surface area contributed by atoms with E-state index < -0.39 is 20.4 Å². The minimum atomic E-state index is -3.67. The maximum absolute atomic E-state index is 11.7. The SMILES string of the molecule is CC1(CNc2ccc([N+](=O)[O-])c(S(C)(=O)=O)c2)CCCO1. The molecular weight excluding hydrogens is 296 g/mol. The molecule has 1 aromatic carbocycles. The van der Waals surface area contributed by atoms with Crippen LogP contribution in [0, 0.1) is 10.1 Å². The van der Waals surface area contributed by atoms with Crippen LogP contribution in [0.2, 0.25) is 0 Å². The molecule has 0 spiro atoms. The van der Waals surface area contributed by atoms with E-state index in [2.05, 4.69) is 5.32 Å². The Kier molecular flexibility index (Phi) is 4.20. The number of benzene rings is 1. The van der Waals surface area contributed by atoms with Crippen LogP contribution < -0.4 is 5.32 Å². The van der Waals surface area contributed by atoms with Crippen molar-refractivity contribution in [2.75, 3.05) is 24.7 Å². The summed E-state index contributed by atoms with van der Waals surface area (Å²) in [6, 6.07) is 4.01. The van der Waals surface area contributed by atoms with Crippen LogP contribution in [0.1, 0.15) is 19.8 Å². The Morgan fingerprint density at radius 1 is 1.48 bits per heavy atom. The molecule has 1 unspecified atom stereocenters. The zero-order chi connectivity index (χ0) is 15.7. The minimum Gasteiger partial charge on any atom is -0.382 e. The first-order valence-corrected chi connectivity index (χ1v) is 8.47.